The summed E-state index contributed by atoms with van der Waals surface area (Å²) in [4.78, 5) is 13.2. The highest BCUT2D eigenvalue weighted by Gasteiger charge is 2.51. The number of aliphatic hydroxyl groups is 8. The van der Waals surface area contributed by atoms with Crippen molar-refractivity contribution >= 4 is 5.91 Å². The molecule has 14 heteroatoms. The molecule has 14 nitrogen and oxygen atoms in total. The number of amides is 1. The molecule has 0 radical (unpaired) electrons. The molecular weight excluding hydrogens is 931 g/mol. The second-order valence-electron chi connectivity index (χ2n) is 20.7. The van der Waals surface area contributed by atoms with Gasteiger partial charge in [0.1, 0.15) is 48.8 Å². The molecular formula is C59H107NO13. The highest BCUT2D eigenvalue weighted by molar-refractivity contribution is 5.76. The van der Waals surface area contributed by atoms with Crippen molar-refractivity contribution in [3.63, 3.8) is 0 Å². The largest absolute Gasteiger partial charge is 0.394 e. The quantitative estimate of drug-likeness (QED) is 0.0205. The molecule has 2 fully saturated rings. The number of hydrogen-bond donors (Lipinski definition) is 9. The summed E-state index contributed by atoms with van der Waals surface area (Å²) in [5.74, 6) is -0.263. The summed E-state index contributed by atoms with van der Waals surface area (Å²) in [6, 6.07) is -0.942. The number of rotatable bonds is 46. The number of ether oxygens (including phenoxy) is 4. The molecule has 1 amide bonds. The summed E-state index contributed by atoms with van der Waals surface area (Å²) in [6.45, 7) is 2.75. The molecule has 12 atom stereocenters. The van der Waals surface area contributed by atoms with Gasteiger partial charge in [-0.2, -0.15) is 0 Å². The molecule has 0 aliphatic carbocycles. The summed E-state index contributed by atoms with van der Waals surface area (Å²) in [5.41, 5.74) is 0. The van der Waals surface area contributed by atoms with Crippen LogP contribution in [0.4, 0.5) is 0 Å². The van der Waals surface area contributed by atoms with Gasteiger partial charge in [0.2, 0.25) is 5.91 Å². The van der Waals surface area contributed by atoms with Gasteiger partial charge in [-0.1, -0.05) is 197 Å². The lowest BCUT2D eigenvalue weighted by Crippen LogP contribution is -2.65. The maximum Gasteiger partial charge on any atom is 0.220 e. The van der Waals surface area contributed by atoms with Crippen molar-refractivity contribution in [1.29, 1.82) is 0 Å². The van der Waals surface area contributed by atoms with Crippen molar-refractivity contribution in [3.05, 3.63) is 48.6 Å². The number of aliphatic hydroxyl groups excluding tert-OH is 8. The number of carbonyl (C=O) groups excluding carboxylic acids is 1. The van der Waals surface area contributed by atoms with E-state index in [0.717, 1.165) is 64.2 Å². The summed E-state index contributed by atoms with van der Waals surface area (Å²) in [6.07, 6.45) is 38.8. The van der Waals surface area contributed by atoms with Crippen LogP contribution < -0.4 is 5.32 Å². The molecule has 2 aliphatic heterocycles. The Labute approximate surface area is 442 Å². The van der Waals surface area contributed by atoms with Crippen molar-refractivity contribution in [3.8, 4) is 0 Å². The summed E-state index contributed by atoms with van der Waals surface area (Å²) in [7, 11) is 0. The van der Waals surface area contributed by atoms with Gasteiger partial charge in [0.15, 0.2) is 12.6 Å². The van der Waals surface area contributed by atoms with Gasteiger partial charge in [0, 0.05) is 6.42 Å². The van der Waals surface area contributed by atoms with E-state index in [1.54, 1.807) is 6.08 Å². The first-order chi connectivity index (χ1) is 35.6. The second-order valence-corrected chi connectivity index (χ2v) is 20.7. The topological polar surface area (TPSA) is 228 Å². The minimum Gasteiger partial charge on any atom is -0.394 e. The Balaban J connectivity index is 1.77. The lowest BCUT2D eigenvalue weighted by molar-refractivity contribution is -0.359. The molecule has 0 bridgehead atoms. The SMILES string of the molecule is CCCCCC/C=C\CCCCCCCC(=O)NC(COC1OC(CO)C(OC2OC(CO)C(O)C(O)C2O)C(O)C1O)C(O)/C=C/CC/C=C/CC/C=C/CCCCCCCCCCCCCCCCCC. The average molecular weight is 1040 g/mol. The van der Waals surface area contributed by atoms with E-state index in [1.165, 1.54) is 128 Å². The lowest BCUT2D eigenvalue weighted by Gasteiger charge is -2.46. The summed E-state index contributed by atoms with van der Waals surface area (Å²) in [5, 5.41) is 86.9. The monoisotopic (exact) mass is 1040 g/mol. The summed E-state index contributed by atoms with van der Waals surface area (Å²) < 4.78 is 22.7. The van der Waals surface area contributed by atoms with Gasteiger partial charge in [-0.25, -0.2) is 0 Å². The van der Waals surface area contributed by atoms with E-state index in [1.807, 2.05) is 6.08 Å². The maximum atomic E-state index is 13.2. The predicted molar refractivity (Wildman–Crippen MR) is 291 cm³/mol. The fourth-order valence-corrected chi connectivity index (χ4v) is 9.44. The molecule has 0 aromatic rings. The summed E-state index contributed by atoms with van der Waals surface area (Å²) >= 11 is 0. The van der Waals surface area contributed by atoms with Crippen molar-refractivity contribution in [2.24, 2.45) is 0 Å². The number of carbonyl (C=O) groups is 1. The molecule has 9 N–H and O–H groups in total. The van der Waals surface area contributed by atoms with E-state index in [2.05, 4.69) is 55.6 Å². The molecule has 0 saturated carbocycles. The highest BCUT2D eigenvalue weighted by atomic mass is 16.7. The first-order valence-electron chi connectivity index (χ1n) is 29.4. The van der Waals surface area contributed by atoms with Gasteiger partial charge < -0.3 is 65.1 Å². The van der Waals surface area contributed by atoms with Crippen LogP contribution in [0.25, 0.3) is 0 Å². The van der Waals surface area contributed by atoms with Crippen molar-refractivity contribution < 1.29 is 64.6 Å². The highest BCUT2D eigenvalue weighted by Crippen LogP contribution is 2.30. The predicted octanol–water partition coefficient (Wildman–Crippen LogP) is 9.61. The third kappa shape index (κ3) is 31.1. The normalized spacial score (nSPS) is 25.7. The molecule has 12 unspecified atom stereocenters. The zero-order valence-corrected chi connectivity index (χ0v) is 45.6. The van der Waals surface area contributed by atoms with E-state index < -0.39 is 86.8 Å². The van der Waals surface area contributed by atoms with Crippen LogP contribution in [-0.4, -0.2) is 140 Å². The number of unbranched alkanes of at least 4 members (excludes halogenated alkanes) is 27. The first-order valence-corrected chi connectivity index (χ1v) is 29.4. The van der Waals surface area contributed by atoms with Crippen LogP contribution in [0.1, 0.15) is 226 Å². The average Bonchev–Trinajstić information content (AvgIpc) is 3.39. The van der Waals surface area contributed by atoms with E-state index in [-0.39, 0.29) is 18.9 Å². The van der Waals surface area contributed by atoms with Crippen molar-refractivity contribution in [1.82, 2.24) is 5.32 Å². The zero-order chi connectivity index (χ0) is 53.2. The Morgan fingerprint density at radius 3 is 1.36 bits per heavy atom. The Hall–Kier alpha value is -2.05. The fraction of sp³-hybridized carbons (Fsp3) is 0.847. The molecule has 0 aromatic carbocycles. The smallest absolute Gasteiger partial charge is 0.220 e. The van der Waals surface area contributed by atoms with Crippen LogP contribution in [0.3, 0.4) is 0 Å². The molecule has 0 spiro atoms. The Morgan fingerprint density at radius 1 is 0.479 bits per heavy atom. The minimum absolute atomic E-state index is 0.259. The fourth-order valence-electron chi connectivity index (χ4n) is 9.44. The third-order valence-electron chi connectivity index (χ3n) is 14.2. The van der Waals surface area contributed by atoms with Gasteiger partial charge in [-0.15, -0.1) is 0 Å². The van der Waals surface area contributed by atoms with E-state index >= 15 is 0 Å². The Kier molecular flexibility index (Phi) is 41.4. The molecule has 2 rings (SSSR count). The van der Waals surface area contributed by atoms with Gasteiger partial charge in [0.25, 0.3) is 0 Å². The van der Waals surface area contributed by atoms with Crippen LogP contribution >= 0.6 is 0 Å². The standard InChI is InChI=1S/C59H107NO13/c1-3-5-7-9-11-13-15-17-18-19-20-21-22-23-24-25-26-27-28-29-31-32-34-36-38-40-42-48(63)47(60-51(64)43-41-39-37-35-33-30-16-14-12-10-8-6-4-2)46-70-58-56(69)54(67)57(50(45-62)72-58)73-59-55(68)53(66)52(65)49(44-61)71-59/h14,16,27-28,32,34,40,42,47-50,52-59,61-63,65-69H,3-13,15,17-26,29-31,33,35-39,41,43-46H2,1-2H3,(H,60,64)/b16-14-,28-27+,34-32+,42-40+. The van der Waals surface area contributed by atoms with Crippen molar-refractivity contribution in [2.75, 3.05) is 19.8 Å². The number of hydrogen-bond acceptors (Lipinski definition) is 13. The first kappa shape index (κ1) is 67.1. The van der Waals surface area contributed by atoms with Crippen LogP contribution in [0.2, 0.25) is 0 Å². The molecule has 2 heterocycles. The minimum atomic E-state index is -1.79. The van der Waals surface area contributed by atoms with Gasteiger partial charge in [0.05, 0.1) is 32.0 Å². The van der Waals surface area contributed by atoms with E-state index in [9.17, 15) is 45.6 Å². The van der Waals surface area contributed by atoms with Gasteiger partial charge in [-0.3, -0.25) is 4.79 Å². The van der Waals surface area contributed by atoms with Crippen LogP contribution in [-0.2, 0) is 23.7 Å². The third-order valence-corrected chi connectivity index (χ3v) is 14.2. The maximum absolute atomic E-state index is 13.2. The van der Waals surface area contributed by atoms with Gasteiger partial charge >= 0.3 is 0 Å². The number of nitrogens with one attached hydrogen (secondary N) is 1. The second kappa shape index (κ2) is 45.0. The molecule has 2 saturated heterocycles. The Bertz CT molecular complexity index is 1410. The molecule has 73 heavy (non-hydrogen) atoms. The molecule has 0 aromatic heterocycles. The number of allylic oxidation sites excluding steroid dienone is 7. The van der Waals surface area contributed by atoms with E-state index in [4.69, 9.17) is 18.9 Å². The van der Waals surface area contributed by atoms with Crippen LogP contribution in [0, 0.1) is 0 Å². The van der Waals surface area contributed by atoms with E-state index in [0.29, 0.717) is 12.8 Å². The van der Waals surface area contributed by atoms with Crippen molar-refractivity contribution in [2.45, 2.75) is 299 Å². The Morgan fingerprint density at radius 2 is 0.877 bits per heavy atom. The van der Waals surface area contributed by atoms with Gasteiger partial charge in [-0.05, 0) is 70.6 Å². The van der Waals surface area contributed by atoms with Crippen LogP contribution in [0.5, 0.6) is 0 Å². The zero-order valence-electron chi connectivity index (χ0n) is 45.6. The molecule has 2 aliphatic rings. The van der Waals surface area contributed by atoms with Crippen LogP contribution in [0.15, 0.2) is 48.6 Å². The lowest BCUT2D eigenvalue weighted by atomic mass is 9.97. The molecule has 426 valence electrons.